The number of alkyl halides is 3. The lowest BCUT2D eigenvalue weighted by Gasteiger charge is -2.31. The molecule has 44 heavy (non-hydrogen) atoms. The van der Waals surface area contributed by atoms with Crippen LogP contribution in [-0.2, 0) is 21.2 Å². The summed E-state index contributed by atoms with van der Waals surface area (Å²) in [6, 6.07) is 9.11. The van der Waals surface area contributed by atoms with E-state index in [0.29, 0.717) is 0 Å². The molecule has 0 saturated carbocycles. The number of nitrogens with one attached hydrogen (secondary N) is 1. The van der Waals surface area contributed by atoms with Crippen LogP contribution < -0.4 is 30.4 Å². The molecular weight excluding hydrogens is 612 g/mol. The molecule has 16 heteroatoms. The highest BCUT2D eigenvalue weighted by molar-refractivity contribution is 7.88. The zero-order valence-corrected chi connectivity index (χ0v) is 25.0. The Kier molecular flexibility index (Phi) is 10.1. The molecule has 2 atom stereocenters. The third-order valence-corrected chi connectivity index (χ3v) is 6.87. The van der Waals surface area contributed by atoms with E-state index in [1.54, 1.807) is 0 Å². The predicted molar refractivity (Wildman–Crippen MR) is 152 cm³/mol. The molecule has 2 aromatic carbocycles. The zero-order valence-electron chi connectivity index (χ0n) is 24.2. The van der Waals surface area contributed by atoms with E-state index < -0.39 is 57.2 Å². The number of sulfonamides is 1. The molecule has 1 aliphatic rings. The smallest absolute Gasteiger partial charge is 0.424 e. The van der Waals surface area contributed by atoms with Crippen molar-refractivity contribution in [1.82, 2.24) is 10.3 Å². The molecule has 6 N–H and O–H groups in total. The summed E-state index contributed by atoms with van der Waals surface area (Å²) in [5.74, 6) is -2.65. The SMILES string of the molecule is CC.COc1cc(C(=O)NCC(O)(c2cc3c(c(-c4ccc(F)cc4)n2)OCC3(C)N)C(F)(F)F)ccc1OCS(N)(=O)=O. The van der Waals surface area contributed by atoms with Crippen LogP contribution in [0.2, 0.25) is 0 Å². The van der Waals surface area contributed by atoms with Crippen LogP contribution in [0.1, 0.15) is 42.4 Å². The molecule has 0 bridgehead atoms. The fourth-order valence-electron chi connectivity index (χ4n) is 4.14. The van der Waals surface area contributed by atoms with Gasteiger partial charge in [-0.3, -0.25) is 4.79 Å². The second-order valence-corrected chi connectivity index (χ2v) is 11.3. The molecule has 11 nitrogen and oxygen atoms in total. The van der Waals surface area contributed by atoms with Crippen LogP contribution in [0.5, 0.6) is 17.2 Å². The summed E-state index contributed by atoms with van der Waals surface area (Å²) < 4.78 is 95.1. The molecule has 0 aliphatic carbocycles. The van der Waals surface area contributed by atoms with Gasteiger partial charge in [-0.25, -0.2) is 22.9 Å². The molecule has 0 spiro atoms. The van der Waals surface area contributed by atoms with E-state index in [2.05, 4.69) is 10.3 Å². The van der Waals surface area contributed by atoms with Crippen LogP contribution >= 0.6 is 0 Å². The number of primary sulfonamides is 1. The highest BCUT2D eigenvalue weighted by Gasteiger charge is 2.57. The summed E-state index contributed by atoms with van der Waals surface area (Å²) in [5, 5.41) is 18.0. The fraction of sp³-hybridized carbons (Fsp3) is 0.357. The van der Waals surface area contributed by atoms with E-state index in [1.807, 2.05) is 13.8 Å². The number of carbonyl (C=O) groups is 1. The van der Waals surface area contributed by atoms with Crippen molar-refractivity contribution in [3.05, 3.63) is 71.2 Å². The van der Waals surface area contributed by atoms with Crippen molar-refractivity contribution in [1.29, 1.82) is 0 Å². The van der Waals surface area contributed by atoms with E-state index in [1.165, 1.54) is 26.2 Å². The number of nitrogens with two attached hydrogens (primary N) is 2. The molecule has 240 valence electrons. The van der Waals surface area contributed by atoms with Crippen LogP contribution in [-0.4, -0.2) is 56.8 Å². The quantitative estimate of drug-likeness (QED) is 0.255. The Bertz CT molecular complexity index is 1620. The van der Waals surface area contributed by atoms with Gasteiger partial charge in [0, 0.05) is 16.7 Å². The average Bonchev–Trinajstić information content (AvgIpc) is 3.28. The number of aromatic nitrogens is 1. The summed E-state index contributed by atoms with van der Waals surface area (Å²) >= 11 is 0. The summed E-state index contributed by atoms with van der Waals surface area (Å²) in [4.78, 5) is 16.9. The molecule has 3 aromatic rings. The van der Waals surface area contributed by atoms with Gasteiger partial charge in [0.15, 0.2) is 17.2 Å². The lowest BCUT2D eigenvalue weighted by Crippen LogP contribution is -2.51. The third kappa shape index (κ3) is 7.38. The molecule has 4 rings (SSSR count). The minimum absolute atomic E-state index is 0.0840. The molecule has 2 heterocycles. The highest BCUT2D eigenvalue weighted by atomic mass is 32.2. The topological polar surface area (TPSA) is 176 Å². The van der Waals surface area contributed by atoms with Gasteiger partial charge in [-0.1, -0.05) is 13.8 Å². The van der Waals surface area contributed by atoms with Crippen LogP contribution in [0.3, 0.4) is 0 Å². The summed E-state index contributed by atoms with van der Waals surface area (Å²) in [7, 11) is -2.81. The summed E-state index contributed by atoms with van der Waals surface area (Å²) in [6.07, 6.45) is -5.34. The second kappa shape index (κ2) is 12.9. The molecule has 1 aromatic heterocycles. The number of fused-ring (bicyclic) bond motifs is 1. The first-order valence-corrected chi connectivity index (χ1v) is 14.8. The van der Waals surface area contributed by atoms with Crippen molar-refractivity contribution in [3.8, 4) is 28.5 Å². The maximum absolute atomic E-state index is 14.5. The number of ether oxygens (including phenoxy) is 3. The van der Waals surface area contributed by atoms with Gasteiger partial charge in [-0.2, -0.15) is 13.2 Å². The van der Waals surface area contributed by atoms with Crippen LogP contribution in [0, 0.1) is 5.82 Å². The second-order valence-electron chi connectivity index (χ2n) is 9.78. The number of hydrogen-bond donors (Lipinski definition) is 4. The lowest BCUT2D eigenvalue weighted by atomic mass is 9.89. The monoisotopic (exact) mass is 644 g/mol. The zero-order chi connectivity index (χ0) is 33.1. The first-order valence-electron chi connectivity index (χ1n) is 13.1. The highest BCUT2D eigenvalue weighted by Crippen LogP contribution is 2.46. The Hall–Kier alpha value is -3.99. The largest absolute Gasteiger partial charge is 0.493 e. The maximum atomic E-state index is 14.5. The van der Waals surface area contributed by atoms with Crippen LogP contribution in [0.25, 0.3) is 11.3 Å². The third-order valence-electron chi connectivity index (χ3n) is 6.42. The predicted octanol–water partition coefficient (Wildman–Crippen LogP) is 3.29. The average molecular weight is 645 g/mol. The molecule has 0 fully saturated rings. The number of amides is 1. The van der Waals surface area contributed by atoms with E-state index in [-0.39, 0.29) is 46.2 Å². The first kappa shape index (κ1) is 34.5. The molecule has 2 unspecified atom stereocenters. The Morgan fingerprint density at radius 3 is 2.34 bits per heavy atom. The fourth-order valence-corrected chi connectivity index (χ4v) is 4.43. The Balaban J connectivity index is 0.00000259. The van der Waals surface area contributed by atoms with Crippen molar-refractivity contribution in [2.24, 2.45) is 10.9 Å². The molecule has 0 radical (unpaired) electrons. The normalized spacial score (nSPS) is 17.3. The van der Waals surface area contributed by atoms with Gasteiger partial charge in [0.2, 0.25) is 21.6 Å². The van der Waals surface area contributed by atoms with Gasteiger partial charge in [0.25, 0.3) is 5.91 Å². The number of rotatable bonds is 9. The number of benzene rings is 2. The molecule has 0 saturated heterocycles. The Morgan fingerprint density at radius 1 is 1.14 bits per heavy atom. The number of methoxy groups -OCH3 is 1. The number of pyridine rings is 1. The Morgan fingerprint density at radius 2 is 1.77 bits per heavy atom. The van der Waals surface area contributed by atoms with Crippen LogP contribution in [0.4, 0.5) is 17.6 Å². The lowest BCUT2D eigenvalue weighted by molar-refractivity contribution is -0.265. The van der Waals surface area contributed by atoms with Crippen molar-refractivity contribution in [2.75, 3.05) is 26.2 Å². The van der Waals surface area contributed by atoms with Gasteiger partial charge in [-0.05, 0) is 55.5 Å². The van der Waals surface area contributed by atoms with E-state index in [4.69, 9.17) is 25.1 Å². The molecular formula is C28H32F4N4O7S. The van der Waals surface area contributed by atoms with Crippen molar-refractivity contribution < 1.29 is 50.1 Å². The standard InChI is InChI=1S/C26H26F4N4O7S.C2H6/c1-24(31)12-40-22-17(24)10-20(34-21(22)14-3-6-16(27)7-4-14)25(36,26(28,29)30)11-33-23(35)15-5-8-18(19(9-15)39-2)41-13-42(32,37)38;1-2/h3-10,36H,11-13,31H2,1-2H3,(H,33,35)(H2,32,37,38);1-2H3. The number of hydrogen-bond acceptors (Lipinski definition) is 9. The van der Waals surface area contributed by atoms with Crippen molar-refractivity contribution >= 4 is 15.9 Å². The number of nitrogens with zero attached hydrogens (tertiary/aromatic N) is 1. The minimum Gasteiger partial charge on any atom is -0.493 e. The number of carbonyl (C=O) groups excluding carboxylic acids is 1. The van der Waals surface area contributed by atoms with Gasteiger partial charge >= 0.3 is 6.18 Å². The summed E-state index contributed by atoms with van der Waals surface area (Å²) in [5.41, 5.74) is 0.460. The number of halogens is 4. The van der Waals surface area contributed by atoms with E-state index in [0.717, 1.165) is 36.4 Å². The number of aliphatic hydroxyl groups is 1. The molecule has 1 aliphatic heterocycles. The van der Waals surface area contributed by atoms with Gasteiger partial charge in [0.1, 0.15) is 18.1 Å². The Labute approximate surface area is 251 Å². The maximum Gasteiger partial charge on any atom is 0.424 e. The van der Waals surface area contributed by atoms with Gasteiger partial charge < -0.3 is 30.4 Å². The van der Waals surface area contributed by atoms with Crippen molar-refractivity contribution in [2.45, 2.75) is 38.1 Å². The van der Waals surface area contributed by atoms with Gasteiger partial charge in [0.05, 0.1) is 24.9 Å². The molecule has 1 amide bonds. The van der Waals surface area contributed by atoms with Crippen LogP contribution in [0.15, 0.2) is 48.5 Å². The van der Waals surface area contributed by atoms with Gasteiger partial charge in [-0.15, -0.1) is 0 Å². The van der Waals surface area contributed by atoms with E-state index >= 15 is 0 Å². The summed E-state index contributed by atoms with van der Waals surface area (Å²) in [6.45, 7) is 4.06. The first-order chi connectivity index (χ1) is 20.4. The minimum atomic E-state index is -5.34. The van der Waals surface area contributed by atoms with Crippen molar-refractivity contribution in [3.63, 3.8) is 0 Å². The van der Waals surface area contributed by atoms with E-state index in [9.17, 15) is 35.9 Å².